The van der Waals surface area contributed by atoms with Crippen LogP contribution in [0, 0.1) is 0 Å². The van der Waals surface area contributed by atoms with Crippen molar-refractivity contribution in [2.45, 2.75) is 31.9 Å². The predicted octanol–water partition coefficient (Wildman–Crippen LogP) is 4.55. The fraction of sp³-hybridized carbons (Fsp3) is 0.304. The van der Waals surface area contributed by atoms with Crippen molar-refractivity contribution in [3.05, 3.63) is 65.9 Å². The Labute approximate surface area is 169 Å². The van der Waals surface area contributed by atoms with Crippen LogP contribution >= 0.6 is 0 Å². The number of rotatable bonds is 5. The van der Waals surface area contributed by atoms with Crippen molar-refractivity contribution < 1.29 is 19.1 Å². The lowest BCUT2D eigenvalue weighted by molar-refractivity contribution is 0.0565. The first-order valence-electron chi connectivity index (χ1n) is 9.84. The first-order chi connectivity index (χ1) is 14.2. The van der Waals surface area contributed by atoms with E-state index in [9.17, 15) is 9.59 Å². The van der Waals surface area contributed by atoms with E-state index in [4.69, 9.17) is 9.47 Å². The molecule has 1 N–H and O–H groups in total. The van der Waals surface area contributed by atoms with Crippen LogP contribution in [0.15, 0.2) is 54.7 Å². The highest BCUT2D eigenvalue weighted by molar-refractivity contribution is 6.11. The summed E-state index contributed by atoms with van der Waals surface area (Å²) in [6.45, 7) is 0.719. The molecule has 4 rings (SSSR count). The van der Waals surface area contributed by atoms with Crippen LogP contribution in [0.25, 0.3) is 10.9 Å². The Morgan fingerprint density at radius 1 is 1.14 bits per heavy atom. The molecule has 0 spiro atoms. The number of fused-ring (bicyclic) bond motifs is 1. The number of Topliss-reactive ketones (excluding diaryl/α,β-unsaturated/α-hetero) is 1. The Hall–Kier alpha value is -3.28. The maximum Gasteiger partial charge on any atom is 0.410 e. The number of hydrogen-bond donors (Lipinski definition) is 1. The smallest absolute Gasteiger partial charge is 0.410 e. The summed E-state index contributed by atoms with van der Waals surface area (Å²) in [6, 6.07) is 14.6. The fourth-order valence-electron chi connectivity index (χ4n) is 3.83. The molecule has 6 nitrogen and oxygen atoms in total. The van der Waals surface area contributed by atoms with Gasteiger partial charge < -0.3 is 14.5 Å². The highest BCUT2D eigenvalue weighted by atomic mass is 16.6. The number of methoxy groups -OCH3 is 1. The number of ether oxygens (including phenoxy) is 2. The lowest BCUT2D eigenvalue weighted by Crippen LogP contribution is -2.48. The lowest BCUT2D eigenvalue weighted by atomic mass is 9.94. The number of carbonyl (C=O) groups is 2. The molecular formula is C23H24N2O4. The van der Waals surface area contributed by atoms with Gasteiger partial charge in [0.25, 0.3) is 0 Å². The zero-order chi connectivity index (χ0) is 20.2. The second-order valence-electron chi connectivity index (χ2n) is 7.22. The minimum Gasteiger partial charge on any atom is -0.497 e. The van der Waals surface area contributed by atoms with Gasteiger partial charge in [0.05, 0.1) is 13.2 Å². The second kappa shape index (κ2) is 8.39. The Bertz CT molecular complexity index is 1010. The number of aromatic amines is 1. The number of benzene rings is 2. The van der Waals surface area contributed by atoms with Gasteiger partial charge in [0.1, 0.15) is 12.4 Å². The van der Waals surface area contributed by atoms with Crippen LogP contribution < -0.4 is 4.74 Å². The van der Waals surface area contributed by atoms with Gasteiger partial charge in [0, 0.05) is 29.2 Å². The molecule has 1 saturated heterocycles. The van der Waals surface area contributed by atoms with Crippen molar-refractivity contribution in [2.75, 3.05) is 13.7 Å². The molecule has 2 aromatic carbocycles. The van der Waals surface area contributed by atoms with E-state index in [1.807, 2.05) is 48.5 Å². The number of nitrogens with one attached hydrogen (secondary N) is 1. The zero-order valence-electron chi connectivity index (χ0n) is 16.4. The average molecular weight is 392 g/mol. The Morgan fingerprint density at radius 3 is 2.76 bits per heavy atom. The van der Waals surface area contributed by atoms with Gasteiger partial charge in [-0.05, 0) is 43.0 Å². The Balaban J connectivity index is 1.54. The first kappa shape index (κ1) is 19.1. The number of piperidine rings is 1. The van der Waals surface area contributed by atoms with Crippen LogP contribution in [0.5, 0.6) is 5.75 Å². The van der Waals surface area contributed by atoms with Crippen LogP contribution in [-0.4, -0.2) is 41.5 Å². The SMILES string of the molecule is COc1ccc2[nH]cc(C(=O)C3CCCCN3C(=O)OCc3ccccc3)c2c1. The number of carbonyl (C=O) groups excluding carboxylic acids is 2. The molecule has 6 heteroatoms. The summed E-state index contributed by atoms with van der Waals surface area (Å²) in [5, 5.41) is 0.803. The summed E-state index contributed by atoms with van der Waals surface area (Å²) in [6.07, 6.45) is 3.69. The van der Waals surface area contributed by atoms with E-state index in [0.29, 0.717) is 24.3 Å². The van der Waals surface area contributed by atoms with Crippen LogP contribution in [0.2, 0.25) is 0 Å². The molecule has 1 atom stereocenters. The highest BCUT2D eigenvalue weighted by Crippen LogP contribution is 2.28. The van der Waals surface area contributed by atoms with Gasteiger partial charge in [0.2, 0.25) is 0 Å². The molecular weight excluding hydrogens is 368 g/mol. The molecule has 1 unspecified atom stereocenters. The maximum atomic E-state index is 13.4. The van der Waals surface area contributed by atoms with E-state index in [-0.39, 0.29) is 12.4 Å². The average Bonchev–Trinajstić information content (AvgIpc) is 3.20. The molecule has 29 heavy (non-hydrogen) atoms. The van der Waals surface area contributed by atoms with Crippen molar-refractivity contribution in [1.82, 2.24) is 9.88 Å². The van der Waals surface area contributed by atoms with E-state index < -0.39 is 12.1 Å². The van der Waals surface area contributed by atoms with Gasteiger partial charge in [-0.3, -0.25) is 9.69 Å². The summed E-state index contributed by atoms with van der Waals surface area (Å²) in [5.41, 5.74) is 2.36. The third kappa shape index (κ3) is 3.97. The molecule has 2 heterocycles. The molecule has 150 valence electrons. The van der Waals surface area contributed by atoms with Gasteiger partial charge >= 0.3 is 6.09 Å². The van der Waals surface area contributed by atoms with Crippen molar-refractivity contribution in [3.63, 3.8) is 0 Å². The summed E-state index contributed by atoms with van der Waals surface area (Å²) < 4.78 is 10.8. The van der Waals surface area contributed by atoms with E-state index in [2.05, 4.69) is 4.98 Å². The van der Waals surface area contributed by atoms with Crippen LogP contribution in [0.3, 0.4) is 0 Å². The number of likely N-dealkylation sites (tertiary alicyclic amines) is 1. The minimum atomic E-state index is -0.516. The van der Waals surface area contributed by atoms with Gasteiger partial charge in [-0.2, -0.15) is 0 Å². The number of H-pyrrole nitrogens is 1. The first-order valence-corrected chi connectivity index (χ1v) is 9.84. The molecule has 0 radical (unpaired) electrons. The second-order valence-corrected chi connectivity index (χ2v) is 7.22. The summed E-state index contributed by atoms with van der Waals surface area (Å²) in [7, 11) is 1.60. The fourth-order valence-corrected chi connectivity index (χ4v) is 3.83. The highest BCUT2D eigenvalue weighted by Gasteiger charge is 2.34. The van der Waals surface area contributed by atoms with Crippen molar-refractivity contribution >= 4 is 22.8 Å². The molecule has 1 aliphatic heterocycles. The molecule has 1 fully saturated rings. The third-order valence-corrected chi connectivity index (χ3v) is 5.40. The predicted molar refractivity (Wildman–Crippen MR) is 110 cm³/mol. The Kier molecular flexibility index (Phi) is 5.51. The van der Waals surface area contributed by atoms with Gasteiger partial charge in [-0.1, -0.05) is 30.3 Å². The monoisotopic (exact) mass is 392 g/mol. The normalized spacial score (nSPS) is 16.6. The van der Waals surface area contributed by atoms with Gasteiger partial charge in [-0.25, -0.2) is 4.79 Å². The molecule has 0 saturated carbocycles. The molecule has 1 amide bonds. The maximum absolute atomic E-state index is 13.4. The Morgan fingerprint density at radius 2 is 1.97 bits per heavy atom. The van der Waals surface area contributed by atoms with Gasteiger partial charge in [0.15, 0.2) is 5.78 Å². The van der Waals surface area contributed by atoms with Gasteiger partial charge in [-0.15, -0.1) is 0 Å². The molecule has 1 aromatic heterocycles. The van der Waals surface area contributed by atoms with Crippen molar-refractivity contribution in [2.24, 2.45) is 0 Å². The van der Waals surface area contributed by atoms with E-state index in [0.717, 1.165) is 29.3 Å². The lowest BCUT2D eigenvalue weighted by Gasteiger charge is -2.33. The zero-order valence-corrected chi connectivity index (χ0v) is 16.4. The molecule has 1 aliphatic rings. The molecule has 0 aliphatic carbocycles. The van der Waals surface area contributed by atoms with E-state index in [1.165, 1.54) is 0 Å². The van der Waals surface area contributed by atoms with E-state index in [1.54, 1.807) is 18.2 Å². The largest absolute Gasteiger partial charge is 0.497 e. The van der Waals surface area contributed by atoms with Crippen molar-refractivity contribution in [3.8, 4) is 5.75 Å². The van der Waals surface area contributed by atoms with Crippen LogP contribution in [0.1, 0.15) is 35.2 Å². The van der Waals surface area contributed by atoms with E-state index >= 15 is 0 Å². The minimum absolute atomic E-state index is 0.0686. The number of nitrogens with zero attached hydrogens (tertiary/aromatic N) is 1. The summed E-state index contributed by atoms with van der Waals surface area (Å²) in [4.78, 5) is 30.8. The standard InChI is InChI=1S/C23H24N2O4/c1-28-17-10-11-20-18(13-17)19(14-24-20)22(26)21-9-5-6-12-25(21)23(27)29-15-16-7-3-2-4-8-16/h2-4,7-8,10-11,13-14,21,24H,5-6,9,12,15H2,1H3. The number of aromatic nitrogens is 1. The molecule has 3 aromatic rings. The number of amides is 1. The third-order valence-electron chi connectivity index (χ3n) is 5.40. The molecule has 0 bridgehead atoms. The summed E-state index contributed by atoms with van der Waals surface area (Å²) >= 11 is 0. The number of hydrogen-bond acceptors (Lipinski definition) is 4. The van der Waals surface area contributed by atoms with Crippen LogP contribution in [-0.2, 0) is 11.3 Å². The quantitative estimate of drug-likeness (QED) is 0.647. The van der Waals surface area contributed by atoms with Crippen molar-refractivity contribution in [1.29, 1.82) is 0 Å². The topological polar surface area (TPSA) is 71.6 Å². The summed E-state index contributed by atoms with van der Waals surface area (Å²) in [5.74, 6) is 0.620. The number of ketones is 1. The van der Waals surface area contributed by atoms with Crippen LogP contribution in [0.4, 0.5) is 4.79 Å².